The van der Waals surface area contributed by atoms with Crippen molar-refractivity contribution >= 4 is 23.5 Å². The molecule has 2 aromatic rings. The highest BCUT2D eigenvalue weighted by atomic mass is 16.6. The molecule has 0 aliphatic rings. The summed E-state index contributed by atoms with van der Waals surface area (Å²) in [5.41, 5.74) is 1.62. The fraction of sp³-hybridized carbons (Fsp3) is 0.304. The third-order valence-electron chi connectivity index (χ3n) is 3.60. The minimum absolute atomic E-state index is 0. The number of hydrogen-bond acceptors (Lipinski definition) is 6. The maximum absolute atomic E-state index is 11.9. The van der Waals surface area contributed by atoms with Crippen LogP contribution in [0.1, 0.15) is 77.6 Å². The van der Waals surface area contributed by atoms with Gasteiger partial charge in [0, 0.05) is 11.1 Å². The number of hydrogen-bond donors (Lipinski definition) is 0. The average molecular weight is 402 g/mol. The summed E-state index contributed by atoms with van der Waals surface area (Å²) in [6.45, 7) is 2.69. The van der Waals surface area contributed by atoms with E-state index in [1.54, 1.807) is 24.3 Å². The molecule has 0 fully saturated rings. The fourth-order valence-corrected chi connectivity index (χ4v) is 2.12. The van der Waals surface area contributed by atoms with E-state index >= 15 is 0 Å². The summed E-state index contributed by atoms with van der Waals surface area (Å²) >= 11 is 0. The highest BCUT2D eigenvalue weighted by molar-refractivity contribution is 5.96. The molecule has 0 bridgehead atoms. The van der Waals surface area contributed by atoms with Gasteiger partial charge in [-0.15, -0.1) is 0 Å². The normalized spacial score (nSPS) is 9.03. The van der Waals surface area contributed by atoms with Gasteiger partial charge in [-0.1, -0.05) is 46.5 Å². The first-order chi connectivity index (χ1) is 12.4. The lowest BCUT2D eigenvalue weighted by molar-refractivity contribution is 0.0265. The third kappa shape index (κ3) is 8.09. The van der Waals surface area contributed by atoms with Crippen molar-refractivity contribution in [1.82, 2.24) is 0 Å². The summed E-state index contributed by atoms with van der Waals surface area (Å²) in [5.74, 6) is -1.31. The molecule has 0 unspecified atom stereocenters. The van der Waals surface area contributed by atoms with Gasteiger partial charge in [0.05, 0.1) is 11.1 Å². The zero-order chi connectivity index (χ0) is 19.1. The van der Waals surface area contributed by atoms with E-state index in [2.05, 4.69) is 0 Å². The number of ketones is 2. The number of esters is 2. The zero-order valence-corrected chi connectivity index (χ0v) is 14.5. The molecule has 29 heavy (non-hydrogen) atoms. The Balaban J connectivity index is 0. The lowest BCUT2D eigenvalue weighted by Crippen LogP contribution is -2.14. The van der Waals surface area contributed by atoms with Gasteiger partial charge in [-0.2, -0.15) is 0 Å². The molecule has 2 rings (SSSR count). The van der Waals surface area contributed by atoms with Crippen molar-refractivity contribution in [3.8, 4) is 0 Å². The molecule has 0 saturated heterocycles. The Bertz CT molecular complexity index is 748. The van der Waals surface area contributed by atoms with Gasteiger partial charge in [0.25, 0.3) is 0 Å². The Morgan fingerprint density at radius 2 is 0.793 bits per heavy atom. The molecule has 0 atom stereocenters. The van der Waals surface area contributed by atoms with Gasteiger partial charge < -0.3 is 9.47 Å². The Hall–Kier alpha value is -3.28. The summed E-state index contributed by atoms with van der Waals surface area (Å²) < 4.78 is 10.0. The zero-order valence-electron chi connectivity index (χ0n) is 14.5. The summed E-state index contributed by atoms with van der Waals surface area (Å²) in [5, 5.41) is 0. The van der Waals surface area contributed by atoms with Crippen molar-refractivity contribution in [3.63, 3.8) is 0 Å². The number of rotatable bonds is 7. The number of Topliss-reactive ketones (excluding diaryl/α,β-unsaturated/α-hetero) is 2. The minimum atomic E-state index is -0.568. The van der Waals surface area contributed by atoms with E-state index in [0.29, 0.717) is 22.3 Å². The lowest BCUT2D eigenvalue weighted by Gasteiger charge is -2.07. The second kappa shape index (κ2) is 13.0. The Labute approximate surface area is 172 Å². The maximum Gasteiger partial charge on any atom is 0.338 e. The van der Waals surface area contributed by atoms with Crippen LogP contribution in [0.5, 0.6) is 0 Å². The van der Waals surface area contributed by atoms with E-state index in [9.17, 15) is 19.2 Å². The van der Waals surface area contributed by atoms with Gasteiger partial charge in [-0.05, 0) is 38.1 Å². The monoisotopic (exact) mass is 402 g/mol. The molecule has 6 heteroatoms. The Kier molecular flexibility index (Phi) is 12.5. The predicted molar refractivity (Wildman–Crippen MR) is 114 cm³/mol. The largest absolute Gasteiger partial charge is 0.458 e. The lowest BCUT2D eigenvalue weighted by atomic mass is 10.1. The first kappa shape index (κ1) is 27.9. The van der Waals surface area contributed by atoms with Gasteiger partial charge in [0.15, 0.2) is 11.6 Å². The van der Waals surface area contributed by atoms with Gasteiger partial charge >= 0.3 is 11.9 Å². The first-order valence-electron chi connectivity index (χ1n) is 7.94. The highest BCUT2D eigenvalue weighted by Gasteiger charge is 2.10. The molecule has 2 aromatic carbocycles. The molecule has 0 saturated carbocycles. The van der Waals surface area contributed by atoms with Crippen LogP contribution in [-0.2, 0) is 9.47 Å². The van der Waals surface area contributed by atoms with Gasteiger partial charge in [0.2, 0.25) is 0 Å². The Morgan fingerprint density at radius 3 is 1.03 bits per heavy atom. The molecule has 0 amide bonds. The standard InChI is InChI=1S/C20H18O6.3CH4/c1-13(21)15-3-7-17(8-4-15)19(23)25-11-12-26-20(24)18-9-5-16(6-10-18)14(2)22;;;/h3-10H,11-12H2,1-2H3;3*1H4. The summed E-state index contributed by atoms with van der Waals surface area (Å²) in [7, 11) is 0. The van der Waals surface area contributed by atoms with Gasteiger partial charge in [-0.25, -0.2) is 9.59 Å². The van der Waals surface area contributed by atoms with E-state index < -0.39 is 11.9 Å². The molecule has 0 radical (unpaired) electrons. The van der Waals surface area contributed by atoms with Crippen LogP contribution in [0.4, 0.5) is 0 Å². The minimum Gasteiger partial charge on any atom is -0.458 e. The number of carbonyl (C=O) groups is 4. The average Bonchev–Trinajstić information content (AvgIpc) is 2.65. The number of ether oxygens (including phenoxy) is 2. The molecule has 0 aliphatic heterocycles. The van der Waals surface area contributed by atoms with E-state index in [1.807, 2.05) is 0 Å². The quantitative estimate of drug-likeness (QED) is 0.367. The molecule has 0 N–H and O–H groups in total. The van der Waals surface area contributed by atoms with Crippen LogP contribution in [-0.4, -0.2) is 36.7 Å². The van der Waals surface area contributed by atoms with Crippen LogP contribution >= 0.6 is 0 Å². The molecular weight excluding hydrogens is 372 g/mol. The van der Waals surface area contributed by atoms with Crippen molar-refractivity contribution in [2.75, 3.05) is 13.2 Å². The third-order valence-corrected chi connectivity index (χ3v) is 3.60. The van der Waals surface area contributed by atoms with Crippen molar-refractivity contribution < 1.29 is 28.7 Å². The second-order valence-corrected chi connectivity index (χ2v) is 5.54. The van der Waals surface area contributed by atoms with E-state index in [0.717, 1.165) is 0 Å². The maximum atomic E-state index is 11.9. The molecule has 0 aromatic heterocycles. The van der Waals surface area contributed by atoms with E-state index in [4.69, 9.17) is 9.47 Å². The first-order valence-corrected chi connectivity index (χ1v) is 7.94. The molecule has 158 valence electrons. The summed E-state index contributed by atoms with van der Waals surface area (Å²) in [6, 6.07) is 12.2. The number of benzene rings is 2. The second-order valence-electron chi connectivity index (χ2n) is 5.54. The van der Waals surface area contributed by atoms with Crippen molar-refractivity contribution in [2.24, 2.45) is 0 Å². The SMILES string of the molecule is C.C.C.CC(=O)c1ccc(C(=O)OCCOC(=O)c2ccc(C(C)=O)cc2)cc1. The van der Waals surface area contributed by atoms with Crippen molar-refractivity contribution in [2.45, 2.75) is 36.1 Å². The van der Waals surface area contributed by atoms with Crippen molar-refractivity contribution in [3.05, 3.63) is 70.8 Å². The number of carbonyl (C=O) groups excluding carboxylic acids is 4. The van der Waals surface area contributed by atoms with E-state index in [-0.39, 0.29) is 47.1 Å². The topological polar surface area (TPSA) is 86.7 Å². The van der Waals surface area contributed by atoms with Crippen LogP contribution < -0.4 is 0 Å². The van der Waals surface area contributed by atoms with Crippen LogP contribution in [0, 0.1) is 0 Å². The fourth-order valence-electron chi connectivity index (χ4n) is 2.12. The summed E-state index contributed by atoms with van der Waals surface area (Å²) in [4.78, 5) is 46.1. The summed E-state index contributed by atoms with van der Waals surface area (Å²) in [6.07, 6.45) is 0. The smallest absolute Gasteiger partial charge is 0.338 e. The molecular formula is C23H30O6. The van der Waals surface area contributed by atoms with Gasteiger partial charge in [-0.3, -0.25) is 9.59 Å². The molecule has 6 nitrogen and oxygen atoms in total. The molecule has 0 spiro atoms. The van der Waals surface area contributed by atoms with E-state index in [1.165, 1.54) is 38.1 Å². The van der Waals surface area contributed by atoms with Crippen LogP contribution in [0.3, 0.4) is 0 Å². The predicted octanol–water partition coefficient (Wildman–Crippen LogP) is 5.01. The van der Waals surface area contributed by atoms with Crippen molar-refractivity contribution in [1.29, 1.82) is 0 Å². The van der Waals surface area contributed by atoms with Crippen LogP contribution in [0.25, 0.3) is 0 Å². The molecule has 0 aliphatic carbocycles. The molecule has 0 heterocycles. The van der Waals surface area contributed by atoms with Gasteiger partial charge in [0.1, 0.15) is 13.2 Å². The Morgan fingerprint density at radius 1 is 0.552 bits per heavy atom. The van der Waals surface area contributed by atoms with Crippen LogP contribution in [0.2, 0.25) is 0 Å². The highest BCUT2D eigenvalue weighted by Crippen LogP contribution is 2.08. The van der Waals surface area contributed by atoms with Crippen LogP contribution in [0.15, 0.2) is 48.5 Å².